The van der Waals surface area contributed by atoms with Gasteiger partial charge in [-0.15, -0.1) is 0 Å². The largest absolute Gasteiger partial charge is 0.380 e. The lowest BCUT2D eigenvalue weighted by molar-refractivity contribution is -0.00436. The van der Waals surface area contributed by atoms with Gasteiger partial charge in [0.05, 0.1) is 0 Å². The quantitative estimate of drug-likeness (QED) is 0.417. The third-order valence-corrected chi connectivity index (χ3v) is 2.45. The molecule has 1 nitrogen and oxygen atoms in total. The van der Waals surface area contributed by atoms with E-state index in [2.05, 4.69) is 6.92 Å². The first kappa shape index (κ1) is 9.71. The van der Waals surface area contributed by atoms with E-state index >= 15 is 0 Å². The first-order valence-electron chi connectivity index (χ1n) is 3.35. The molecular formula is C6H17AlOSi. The van der Waals surface area contributed by atoms with Crippen LogP contribution in [0.2, 0.25) is 0 Å². The number of hydrogen-bond acceptors (Lipinski definition) is 1. The Bertz CT molecular complexity index is 77.1. The number of hydrogen-bond donors (Lipinski definition) is 0. The number of ether oxygens (including phenoxy) is 1. The molecule has 1 fully saturated rings. The highest BCUT2D eigenvalue weighted by Crippen LogP contribution is 2.19. The van der Waals surface area contributed by atoms with Crippen LogP contribution in [-0.4, -0.2) is 39.4 Å². The summed E-state index contributed by atoms with van der Waals surface area (Å²) in [6.07, 6.45) is 3.94. The van der Waals surface area contributed by atoms with E-state index < -0.39 is 0 Å². The van der Waals surface area contributed by atoms with Crippen molar-refractivity contribution < 1.29 is 4.74 Å². The van der Waals surface area contributed by atoms with Crippen molar-refractivity contribution in [2.24, 2.45) is 0 Å². The summed E-state index contributed by atoms with van der Waals surface area (Å²) in [4.78, 5) is 0. The molecule has 1 rings (SSSR count). The lowest BCUT2D eigenvalue weighted by Gasteiger charge is -2.29. The van der Waals surface area contributed by atoms with Crippen LogP contribution in [0.4, 0.5) is 0 Å². The normalized spacial score (nSPS) is 35.7. The Morgan fingerprint density at radius 3 is 2.33 bits per heavy atom. The SMILES string of the molecule is CC1([SiH3])CCCCO1.[AlH3]. The van der Waals surface area contributed by atoms with Gasteiger partial charge >= 0.3 is 0 Å². The van der Waals surface area contributed by atoms with E-state index in [4.69, 9.17) is 4.74 Å². The van der Waals surface area contributed by atoms with Crippen molar-refractivity contribution in [3.63, 3.8) is 0 Å². The second kappa shape index (κ2) is 3.78. The molecule has 0 aromatic rings. The third kappa shape index (κ3) is 3.42. The van der Waals surface area contributed by atoms with Crippen molar-refractivity contribution >= 4 is 27.6 Å². The molecule has 1 aliphatic rings. The highest BCUT2D eigenvalue weighted by Gasteiger charge is 2.20. The van der Waals surface area contributed by atoms with E-state index in [9.17, 15) is 0 Å². The summed E-state index contributed by atoms with van der Waals surface area (Å²) in [7, 11) is 1.19. The van der Waals surface area contributed by atoms with E-state index in [-0.39, 0.29) is 17.4 Å². The summed E-state index contributed by atoms with van der Waals surface area (Å²) in [6, 6.07) is 0. The van der Waals surface area contributed by atoms with Crippen LogP contribution in [0.15, 0.2) is 0 Å². The highest BCUT2D eigenvalue weighted by molar-refractivity contribution is 6.14. The molecule has 0 spiro atoms. The molecule has 1 atom stereocenters. The van der Waals surface area contributed by atoms with Gasteiger partial charge < -0.3 is 4.74 Å². The van der Waals surface area contributed by atoms with Crippen LogP contribution >= 0.6 is 0 Å². The molecule has 0 amide bonds. The van der Waals surface area contributed by atoms with Crippen molar-refractivity contribution in [1.29, 1.82) is 0 Å². The van der Waals surface area contributed by atoms with Gasteiger partial charge in [0, 0.05) is 22.1 Å². The lowest BCUT2D eigenvalue weighted by atomic mass is 10.1. The molecule has 1 heterocycles. The molecule has 1 saturated heterocycles. The predicted molar refractivity (Wildman–Crippen MR) is 48.1 cm³/mol. The standard InChI is InChI=1S/C6H14OSi.Al.3H/c1-6(8)4-2-3-5-7-6;;;;/h2-5H2,1,8H3;;;;. The summed E-state index contributed by atoms with van der Waals surface area (Å²) in [6.45, 7) is 3.22. The fourth-order valence-electron chi connectivity index (χ4n) is 1.07. The average molecular weight is 160 g/mol. The van der Waals surface area contributed by atoms with Gasteiger partial charge in [-0.2, -0.15) is 0 Å². The molecule has 1 unspecified atom stereocenters. The summed E-state index contributed by atoms with van der Waals surface area (Å²) in [5.74, 6) is 0. The molecule has 0 saturated carbocycles. The zero-order chi connectivity index (χ0) is 6.04. The van der Waals surface area contributed by atoms with Crippen molar-refractivity contribution in [2.45, 2.75) is 31.4 Å². The fraction of sp³-hybridized carbons (Fsp3) is 1.00. The molecule has 0 N–H and O–H groups in total. The first-order valence-corrected chi connectivity index (χ1v) is 4.35. The van der Waals surface area contributed by atoms with E-state index in [1.165, 1.54) is 29.5 Å². The molecule has 9 heavy (non-hydrogen) atoms. The van der Waals surface area contributed by atoms with Crippen molar-refractivity contribution in [1.82, 2.24) is 0 Å². The van der Waals surface area contributed by atoms with Gasteiger partial charge in [0.15, 0.2) is 17.4 Å². The Morgan fingerprint density at radius 2 is 2.11 bits per heavy atom. The minimum Gasteiger partial charge on any atom is -0.380 e. The van der Waals surface area contributed by atoms with Crippen LogP contribution in [0.1, 0.15) is 26.2 Å². The average Bonchev–Trinajstić information content (AvgIpc) is 1.65. The second-order valence-corrected chi connectivity index (χ2v) is 5.18. The Balaban J connectivity index is 0.000000640. The van der Waals surface area contributed by atoms with Crippen LogP contribution in [0, 0.1) is 0 Å². The molecule has 0 aromatic heterocycles. The van der Waals surface area contributed by atoms with E-state index in [1.807, 2.05) is 0 Å². The van der Waals surface area contributed by atoms with Crippen LogP contribution in [0.25, 0.3) is 0 Å². The summed E-state index contributed by atoms with van der Waals surface area (Å²) >= 11 is 0. The molecular weight excluding hydrogens is 143 g/mol. The first-order chi connectivity index (χ1) is 3.71. The van der Waals surface area contributed by atoms with Gasteiger partial charge in [-0.3, -0.25) is 0 Å². The fourth-order valence-corrected chi connectivity index (χ4v) is 1.63. The van der Waals surface area contributed by atoms with Crippen LogP contribution in [0.5, 0.6) is 0 Å². The van der Waals surface area contributed by atoms with Crippen molar-refractivity contribution in [2.75, 3.05) is 6.61 Å². The minimum atomic E-state index is 0. The third-order valence-electron chi connectivity index (χ3n) is 1.67. The Kier molecular flexibility index (Phi) is 4.07. The molecule has 3 heteroatoms. The highest BCUT2D eigenvalue weighted by atomic mass is 28.1. The van der Waals surface area contributed by atoms with Gasteiger partial charge in [-0.05, 0) is 26.2 Å². The van der Waals surface area contributed by atoms with Crippen molar-refractivity contribution in [3.05, 3.63) is 0 Å². The monoisotopic (exact) mass is 160 g/mol. The molecule has 54 valence electrons. The molecule has 1 aliphatic heterocycles. The maximum absolute atomic E-state index is 5.53. The Morgan fingerprint density at radius 1 is 1.44 bits per heavy atom. The molecule has 0 bridgehead atoms. The molecule has 0 aromatic carbocycles. The zero-order valence-corrected chi connectivity index (χ0v) is 7.74. The van der Waals surface area contributed by atoms with Crippen LogP contribution in [0.3, 0.4) is 0 Å². The van der Waals surface area contributed by atoms with E-state index in [0.717, 1.165) is 6.61 Å². The Labute approximate surface area is 70.7 Å². The van der Waals surface area contributed by atoms with E-state index in [1.54, 1.807) is 0 Å². The van der Waals surface area contributed by atoms with Crippen LogP contribution in [-0.2, 0) is 4.74 Å². The summed E-state index contributed by atoms with van der Waals surface area (Å²) in [5, 5.41) is 0.318. The Hall–Kier alpha value is 0.709. The topological polar surface area (TPSA) is 9.23 Å². The van der Waals surface area contributed by atoms with Gasteiger partial charge in [0.1, 0.15) is 0 Å². The molecule has 0 radical (unpaired) electrons. The summed E-state index contributed by atoms with van der Waals surface area (Å²) < 4.78 is 5.53. The van der Waals surface area contributed by atoms with Crippen molar-refractivity contribution in [3.8, 4) is 0 Å². The predicted octanol–water partition coefficient (Wildman–Crippen LogP) is -0.915. The van der Waals surface area contributed by atoms with E-state index in [0.29, 0.717) is 5.22 Å². The van der Waals surface area contributed by atoms with Crippen LogP contribution < -0.4 is 0 Å². The van der Waals surface area contributed by atoms with Gasteiger partial charge in [0.25, 0.3) is 0 Å². The number of rotatable bonds is 0. The second-order valence-electron chi connectivity index (χ2n) is 3.07. The van der Waals surface area contributed by atoms with Gasteiger partial charge in [-0.25, -0.2) is 0 Å². The minimum absolute atomic E-state index is 0. The maximum atomic E-state index is 5.53. The smallest absolute Gasteiger partial charge is 0.187 e. The zero-order valence-electron chi connectivity index (χ0n) is 5.74. The van der Waals surface area contributed by atoms with Gasteiger partial charge in [-0.1, -0.05) is 0 Å². The molecule has 0 aliphatic carbocycles. The summed E-state index contributed by atoms with van der Waals surface area (Å²) in [5.41, 5.74) is 0. The maximum Gasteiger partial charge on any atom is 0.187 e. The van der Waals surface area contributed by atoms with Gasteiger partial charge in [0.2, 0.25) is 0 Å². The lowest BCUT2D eigenvalue weighted by Crippen LogP contribution is -2.32.